The van der Waals surface area contributed by atoms with Crippen molar-refractivity contribution >= 4 is 10.2 Å². The molecule has 8 heavy (non-hydrogen) atoms. The highest BCUT2D eigenvalue weighted by molar-refractivity contribution is 6.11. The summed E-state index contributed by atoms with van der Waals surface area (Å²) in [6.07, 6.45) is 2.80. The Bertz CT molecular complexity index is 50.3. The average Bonchev–Trinajstić information content (AvgIpc) is 1.65. The van der Waals surface area contributed by atoms with Gasteiger partial charge in [-0.05, 0) is 5.92 Å². The molecular formula is C7H18Si. The zero-order chi connectivity index (χ0) is 6.57. The highest BCUT2D eigenvalue weighted by Crippen LogP contribution is 2.15. The monoisotopic (exact) mass is 130 g/mol. The minimum absolute atomic E-state index is 0.961. The molecule has 0 heterocycles. The van der Waals surface area contributed by atoms with Gasteiger partial charge in [-0.1, -0.05) is 39.2 Å². The number of rotatable bonds is 3. The third kappa shape index (κ3) is 4.38. The third-order valence-corrected chi connectivity index (χ3v) is 2.04. The van der Waals surface area contributed by atoms with Crippen LogP contribution in [0.3, 0.4) is 0 Å². The first kappa shape index (κ1) is 8.22. The predicted octanol–water partition coefficient (Wildman–Crippen LogP) is 1.60. The molecule has 0 aliphatic carbocycles. The first-order valence-corrected chi connectivity index (χ1v) is 4.82. The summed E-state index contributed by atoms with van der Waals surface area (Å²) in [5.41, 5.74) is 1.02. The van der Waals surface area contributed by atoms with Crippen LogP contribution in [-0.2, 0) is 0 Å². The standard InChI is InChI=1S/C7H18Si/c1-4-6(2)5-7(3)8/h6-7H,4-5H2,1-3,8H3. The van der Waals surface area contributed by atoms with Crippen molar-refractivity contribution < 1.29 is 0 Å². The van der Waals surface area contributed by atoms with E-state index in [4.69, 9.17) is 0 Å². The molecule has 0 saturated carbocycles. The largest absolute Gasteiger partial charge is 0.0657 e. The van der Waals surface area contributed by atoms with E-state index in [0.717, 1.165) is 11.5 Å². The molecule has 0 N–H and O–H groups in total. The first-order chi connectivity index (χ1) is 3.66. The van der Waals surface area contributed by atoms with Crippen molar-refractivity contribution in [2.75, 3.05) is 0 Å². The number of hydrogen-bond donors (Lipinski definition) is 0. The van der Waals surface area contributed by atoms with E-state index in [9.17, 15) is 0 Å². The Labute approximate surface area is 56.1 Å². The van der Waals surface area contributed by atoms with E-state index in [0.29, 0.717) is 0 Å². The van der Waals surface area contributed by atoms with Gasteiger partial charge in [0.05, 0.1) is 0 Å². The minimum atomic E-state index is 0.961. The molecule has 0 fully saturated rings. The molecule has 0 aromatic carbocycles. The Morgan fingerprint density at radius 1 is 1.38 bits per heavy atom. The normalized spacial score (nSPS) is 18.4. The van der Waals surface area contributed by atoms with Gasteiger partial charge in [0.2, 0.25) is 0 Å². The molecule has 0 aliphatic rings. The third-order valence-electron chi connectivity index (χ3n) is 1.57. The van der Waals surface area contributed by atoms with Crippen LogP contribution in [0.4, 0.5) is 0 Å². The SMILES string of the molecule is CCC(C)CC(C)[SiH3]. The molecule has 1 heteroatoms. The van der Waals surface area contributed by atoms with Crippen molar-refractivity contribution in [3.05, 3.63) is 0 Å². The molecular weight excluding hydrogens is 112 g/mol. The van der Waals surface area contributed by atoms with Gasteiger partial charge < -0.3 is 0 Å². The molecule has 0 nitrogen and oxygen atoms in total. The quantitative estimate of drug-likeness (QED) is 0.509. The van der Waals surface area contributed by atoms with E-state index in [1.54, 1.807) is 0 Å². The zero-order valence-corrected chi connectivity index (χ0v) is 8.57. The van der Waals surface area contributed by atoms with Crippen molar-refractivity contribution in [1.29, 1.82) is 0 Å². The summed E-state index contributed by atoms with van der Waals surface area (Å²) in [5.74, 6) is 0.961. The van der Waals surface area contributed by atoms with Crippen LogP contribution in [-0.4, -0.2) is 10.2 Å². The summed E-state index contributed by atoms with van der Waals surface area (Å²) >= 11 is 0. The lowest BCUT2D eigenvalue weighted by atomic mass is 10.0. The van der Waals surface area contributed by atoms with Gasteiger partial charge in [-0.2, -0.15) is 0 Å². The average molecular weight is 130 g/mol. The molecule has 0 amide bonds. The van der Waals surface area contributed by atoms with Crippen LogP contribution in [0.5, 0.6) is 0 Å². The van der Waals surface area contributed by atoms with Gasteiger partial charge in [-0.15, -0.1) is 0 Å². The van der Waals surface area contributed by atoms with Gasteiger partial charge in [0.1, 0.15) is 0 Å². The summed E-state index contributed by atoms with van der Waals surface area (Å²) < 4.78 is 0. The summed E-state index contributed by atoms with van der Waals surface area (Å²) in [5, 5.41) is 0. The highest BCUT2D eigenvalue weighted by Gasteiger charge is 2.00. The van der Waals surface area contributed by atoms with Crippen molar-refractivity contribution in [2.45, 2.75) is 39.2 Å². The van der Waals surface area contributed by atoms with Crippen LogP contribution in [0, 0.1) is 5.92 Å². The van der Waals surface area contributed by atoms with E-state index < -0.39 is 0 Å². The van der Waals surface area contributed by atoms with Crippen molar-refractivity contribution in [1.82, 2.24) is 0 Å². The fraction of sp³-hybridized carbons (Fsp3) is 1.00. The van der Waals surface area contributed by atoms with Gasteiger partial charge in [-0.3, -0.25) is 0 Å². The molecule has 0 spiro atoms. The van der Waals surface area contributed by atoms with Crippen LogP contribution >= 0.6 is 0 Å². The van der Waals surface area contributed by atoms with Crippen molar-refractivity contribution in [2.24, 2.45) is 5.92 Å². The van der Waals surface area contributed by atoms with E-state index >= 15 is 0 Å². The first-order valence-electron chi connectivity index (χ1n) is 3.66. The zero-order valence-electron chi connectivity index (χ0n) is 6.57. The van der Waals surface area contributed by atoms with Gasteiger partial charge in [0, 0.05) is 10.2 Å². The van der Waals surface area contributed by atoms with Gasteiger partial charge in [0.25, 0.3) is 0 Å². The van der Waals surface area contributed by atoms with Gasteiger partial charge >= 0.3 is 0 Å². The predicted molar refractivity (Wildman–Crippen MR) is 43.4 cm³/mol. The van der Waals surface area contributed by atoms with Crippen LogP contribution in [0.2, 0.25) is 5.54 Å². The van der Waals surface area contributed by atoms with Crippen LogP contribution in [0.1, 0.15) is 33.6 Å². The van der Waals surface area contributed by atoms with Crippen LogP contribution in [0.25, 0.3) is 0 Å². The second-order valence-corrected chi connectivity index (χ2v) is 5.11. The summed E-state index contributed by atoms with van der Waals surface area (Å²) in [6, 6.07) is 0. The molecule has 0 saturated heterocycles. The summed E-state index contributed by atoms with van der Waals surface area (Å²) in [4.78, 5) is 0. The second kappa shape index (κ2) is 4.13. The summed E-state index contributed by atoms with van der Waals surface area (Å²) in [7, 11) is 1.37. The molecule has 50 valence electrons. The Kier molecular flexibility index (Phi) is 4.24. The molecule has 0 aromatic heterocycles. The van der Waals surface area contributed by atoms with Gasteiger partial charge in [0.15, 0.2) is 0 Å². The maximum absolute atomic E-state index is 2.35. The highest BCUT2D eigenvalue weighted by atomic mass is 28.1. The fourth-order valence-electron chi connectivity index (χ4n) is 0.971. The maximum Gasteiger partial charge on any atom is 0.00639 e. The van der Waals surface area contributed by atoms with E-state index in [2.05, 4.69) is 20.8 Å². The molecule has 0 aliphatic heterocycles. The Morgan fingerprint density at radius 2 is 1.88 bits per heavy atom. The van der Waals surface area contributed by atoms with E-state index in [-0.39, 0.29) is 0 Å². The Hall–Kier alpha value is 0.217. The smallest absolute Gasteiger partial charge is 0.00639 e. The topological polar surface area (TPSA) is 0 Å². The summed E-state index contributed by atoms with van der Waals surface area (Å²) in [6.45, 7) is 6.96. The molecule has 0 radical (unpaired) electrons. The molecule has 0 aromatic rings. The van der Waals surface area contributed by atoms with Crippen LogP contribution in [0.15, 0.2) is 0 Å². The minimum Gasteiger partial charge on any atom is -0.0657 e. The lowest BCUT2D eigenvalue weighted by Crippen LogP contribution is -1.95. The van der Waals surface area contributed by atoms with Crippen LogP contribution < -0.4 is 0 Å². The van der Waals surface area contributed by atoms with Crippen molar-refractivity contribution in [3.8, 4) is 0 Å². The maximum atomic E-state index is 2.35. The Balaban J connectivity index is 3.10. The van der Waals surface area contributed by atoms with Gasteiger partial charge in [-0.25, -0.2) is 0 Å². The number of hydrogen-bond acceptors (Lipinski definition) is 0. The molecule has 0 rings (SSSR count). The lowest BCUT2D eigenvalue weighted by molar-refractivity contribution is 0.509. The molecule has 2 atom stereocenters. The fourth-order valence-corrected chi connectivity index (χ4v) is 1.78. The second-order valence-electron chi connectivity index (χ2n) is 3.14. The van der Waals surface area contributed by atoms with E-state index in [1.165, 1.54) is 23.1 Å². The molecule has 2 unspecified atom stereocenters. The van der Waals surface area contributed by atoms with E-state index in [1.807, 2.05) is 0 Å². The lowest BCUT2D eigenvalue weighted by Gasteiger charge is -2.09. The molecule has 0 bridgehead atoms. The Morgan fingerprint density at radius 3 is 2.00 bits per heavy atom. The van der Waals surface area contributed by atoms with Crippen molar-refractivity contribution in [3.63, 3.8) is 0 Å².